The molecule has 1 aromatic heterocycles. The molecule has 2 rings (SSSR count). The van der Waals surface area contributed by atoms with Crippen LogP contribution >= 0.6 is 0 Å². The highest BCUT2D eigenvalue weighted by atomic mass is 16.3. The van der Waals surface area contributed by atoms with Gasteiger partial charge in [0.1, 0.15) is 19.0 Å². The number of benzene rings is 1. The van der Waals surface area contributed by atoms with Gasteiger partial charge in [0.15, 0.2) is 0 Å². The Balaban J connectivity index is 2.35. The topological polar surface area (TPSA) is 93.2 Å². The Bertz CT molecular complexity index is 640. The maximum absolute atomic E-state index is 12.0. The fourth-order valence-electron chi connectivity index (χ4n) is 2.10. The Morgan fingerprint density at radius 1 is 1.45 bits per heavy atom. The van der Waals surface area contributed by atoms with Gasteiger partial charge in [0.2, 0.25) is 5.91 Å². The summed E-state index contributed by atoms with van der Waals surface area (Å²) in [5, 5.41) is 12.3. The highest BCUT2D eigenvalue weighted by Gasteiger charge is 2.17. The first kappa shape index (κ1) is 14.3. The molecule has 6 nitrogen and oxygen atoms in total. The molecule has 4 N–H and O–H groups in total. The highest BCUT2D eigenvalue weighted by Crippen LogP contribution is 2.19. The van der Waals surface area contributed by atoms with Gasteiger partial charge in [0.05, 0.1) is 11.0 Å². The molecule has 0 radical (unpaired) electrons. The number of nitrogens with two attached hydrogens (primary N) is 1. The van der Waals surface area contributed by atoms with Crippen LogP contribution in [-0.2, 0) is 17.9 Å². The van der Waals surface area contributed by atoms with Gasteiger partial charge >= 0.3 is 0 Å². The number of nitrogen functional groups attached to an aromatic ring is 1. The van der Waals surface area contributed by atoms with Crippen molar-refractivity contribution in [3.8, 4) is 0 Å². The van der Waals surface area contributed by atoms with Crippen molar-refractivity contribution in [1.82, 2.24) is 14.9 Å². The van der Waals surface area contributed by atoms with Crippen LogP contribution in [0, 0.1) is 0 Å². The molecular formula is C14H20N4O2. The Hall–Kier alpha value is -2.08. The van der Waals surface area contributed by atoms with Gasteiger partial charge in [-0.3, -0.25) is 4.79 Å². The second kappa shape index (κ2) is 5.13. The predicted octanol–water partition coefficient (Wildman–Crippen LogP) is 1.03. The summed E-state index contributed by atoms with van der Waals surface area (Å²) in [6.45, 7) is 5.66. The fourth-order valence-corrected chi connectivity index (χ4v) is 2.10. The molecule has 0 fully saturated rings. The molecule has 1 aromatic carbocycles. The molecule has 0 atom stereocenters. The third-order valence-corrected chi connectivity index (χ3v) is 2.81. The molecule has 1 amide bonds. The van der Waals surface area contributed by atoms with Gasteiger partial charge in [-0.2, -0.15) is 0 Å². The van der Waals surface area contributed by atoms with Crippen molar-refractivity contribution in [2.75, 3.05) is 5.73 Å². The first-order valence-electron chi connectivity index (χ1n) is 6.46. The van der Waals surface area contributed by atoms with Gasteiger partial charge < -0.3 is 20.7 Å². The number of aromatic nitrogens is 2. The zero-order valence-electron chi connectivity index (χ0n) is 12.0. The molecule has 1 heterocycles. The summed E-state index contributed by atoms with van der Waals surface area (Å²) in [6, 6.07) is 5.29. The van der Waals surface area contributed by atoms with E-state index in [-0.39, 0.29) is 24.6 Å². The summed E-state index contributed by atoms with van der Waals surface area (Å²) in [4.78, 5) is 16.3. The molecule has 0 spiro atoms. The van der Waals surface area contributed by atoms with Crippen molar-refractivity contribution in [2.24, 2.45) is 0 Å². The maximum Gasteiger partial charge on any atom is 0.240 e. The Kier molecular flexibility index (Phi) is 3.67. The number of carbonyl (C=O) groups is 1. The summed E-state index contributed by atoms with van der Waals surface area (Å²) < 4.78 is 1.70. The van der Waals surface area contributed by atoms with Crippen molar-refractivity contribution in [3.05, 3.63) is 24.0 Å². The number of rotatable bonds is 3. The summed E-state index contributed by atoms with van der Waals surface area (Å²) in [5.41, 5.74) is 7.49. The van der Waals surface area contributed by atoms with Crippen LogP contribution in [0.4, 0.5) is 5.69 Å². The molecule has 0 unspecified atom stereocenters. The standard InChI is InChI=1S/C14H20N4O2/c1-14(2,3)17-13(20)7-18-11-5-4-9(15)6-10(11)16-12(18)8-19/h4-6,19H,7-8,15H2,1-3H3,(H,17,20). The third-order valence-electron chi connectivity index (χ3n) is 2.81. The molecule has 0 saturated heterocycles. The average molecular weight is 276 g/mol. The minimum atomic E-state index is -0.294. The molecule has 2 aromatic rings. The van der Waals surface area contributed by atoms with Crippen molar-refractivity contribution in [3.63, 3.8) is 0 Å². The van der Waals surface area contributed by atoms with Crippen LogP contribution in [0.1, 0.15) is 26.6 Å². The number of imidazole rings is 1. The Morgan fingerprint density at radius 3 is 2.75 bits per heavy atom. The van der Waals surface area contributed by atoms with Crippen LogP contribution in [0.25, 0.3) is 11.0 Å². The first-order valence-corrected chi connectivity index (χ1v) is 6.46. The number of carbonyl (C=O) groups excluding carboxylic acids is 1. The molecule has 6 heteroatoms. The van der Waals surface area contributed by atoms with Crippen LogP contribution in [0.5, 0.6) is 0 Å². The van der Waals surface area contributed by atoms with E-state index in [1.54, 1.807) is 22.8 Å². The molecule has 0 aliphatic rings. The van der Waals surface area contributed by atoms with E-state index in [0.717, 1.165) is 5.52 Å². The smallest absolute Gasteiger partial charge is 0.240 e. The lowest BCUT2D eigenvalue weighted by Crippen LogP contribution is -2.42. The zero-order chi connectivity index (χ0) is 14.9. The van der Waals surface area contributed by atoms with Crippen LogP contribution in [0.15, 0.2) is 18.2 Å². The second-order valence-corrected chi connectivity index (χ2v) is 5.82. The number of hydrogen-bond acceptors (Lipinski definition) is 4. The van der Waals surface area contributed by atoms with Crippen LogP contribution in [0.2, 0.25) is 0 Å². The number of amides is 1. The number of nitrogens with zero attached hydrogens (tertiary/aromatic N) is 2. The number of nitrogens with one attached hydrogen (secondary N) is 1. The molecule has 0 aliphatic heterocycles. The SMILES string of the molecule is CC(C)(C)NC(=O)Cn1c(CO)nc2cc(N)ccc21. The van der Waals surface area contributed by atoms with E-state index in [1.165, 1.54) is 0 Å². The zero-order valence-corrected chi connectivity index (χ0v) is 12.0. The van der Waals surface area contributed by atoms with Crippen LogP contribution in [-0.4, -0.2) is 26.1 Å². The lowest BCUT2D eigenvalue weighted by molar-refractivity contribution is -0.123. The van der Waals surface area contributed by atoms with Crippen LogP contribution < -0.4 is 11.1 Å². The third kappa shape index (κ3) is 3.08. The number of hydrogen-bond donors (Lipinski definition) is 3. The number of aliphatic hydroxyl groups is 1. The summed E-state index contributed by atoms with van der Waals surface area (Å²) in [7, 11) is 0. The lowest BCUT2D eigenvalue weighted by Gasteiger charge is -2.21. The number of aliphatic hydroxyl groups excluding tert-OH is 1. The van der Waals surface area contributed by atoms with Gasteiger partial charge in [-0.05, 0) is 39.0 Å². The van der Waals surface area contributed by atoms with Crippen molar-refractivity contribution in [1.29, 1.82) is 0 Å². The van der Waals surface area contributed by atoms with E-state index >= 15 is 0 Å². The fraction of sp³-hybridized carbons (Fsp3) is 0.429. The van der Waals surface area contributed by atoms with E-state index < -0.39 is 0 Å². The monoisotopic (exact) mass is 276 g/mol. The van der Waals surface area contributed by atoms with Gasteiger partial charge in [-0.15, -0.1) is 0 Å². The van der Waals surface area contributed by atoms with Gasteiger partial charge in [0.25, 0.3) is 0 Å². The van der Waals surface area contributed by atoms with Gasteiger partial charge in [-0.1, -0.05) is 0 Å². The number of anilines is 1. The van der Waals surface area contributed by atoms with E-state index in [4.69, 9.17) is 5.73 Å². The van der Waals surface area contributed by atoms with Crippen LogP contribution in [0.3, 0.4) is 0 Å². The van der Waals surface area contributed by atoms with Gasteiger partial charge in [0, 0.05) is 11.2 Å². The first-order chi connectivity index (χ1) is 9.30. The molecule has 0 saturated carbocycles. The summed E-state index contributed by atoms with van der Waals surface area (Å²) in [6.07, 6.45) is 0. The quantitative estimate of drug-likeness (QED) is 0.730. The Morgan fingerprint density at radius 2 is 2.15 bits per heavy atom. The van der Waals surface area contributed by atoms with E-state index in [0.29, 0.717) is 17.0 Å². The van der Waals surface area contributed by atoms with Crippen molar-refractivity contribution < 1.29 is 9.90 Å². The summed E-state index contributed by atoms with van der Waals surface area (Å²) in [5.74, 6) is 0.331. The highest BCUT2D eigenvalue weighted by molar-refractivity contribution is 5.83. The molecule has 0 aliphatic carbocycles. The van der Waals surface area contributed by atoms with E-state index in [1.807, 2.05) is 20.8 Å². The molecule has 20 heavy (non-hydrogen) atoms. The van der Waals surface area contributed by atoms with E-state index in [9.17, 15) is 9.90 Å². The van der Waals surface area contributed by atoms with Gasteiger partial charge in [-0.25, -0.2) is 4.98 Å². The van der Waals surface area contributed by atoms with Crippen molar-refractivity contribution in [2.45, 2.75) is 39.5 Å². The lowest BCUT2D eigenvalue weighted by atomic mass is 10.1. The average Bonchev–Trinajstić information content (AvgIpc) is 2.64. The normalized spacial score (nSPS) is 11.8. The largest absolute Gasteiger partial charge is 0.399 e. The molecular weight excluding hydrogens is 256 g/mol. The van der Waals surface area contributed by atoms with E-state index in [2.05, 4.69) is 10.3 Å². The second-order valence-electron chi connectivity index (χ2n) is 5.82. The minimum absolute atomic E-state index is 0.119. The van der Waals surface area contributed by atoms with Crippen molar-refractivity contribution >= 4 is 22.6 Å². The molecule has 0 bridgehead atoms. The minimum Gasteiger partial charge on any atom is -0.399 e. The summed E-state index contributed by atoms with van der Waals surface area (Å²) >= 11 is 0. The predicted molar refractivity (Wildman–Crippen MR) is 78.0 cm³/mol. The molecule has 108 valence electrons. The number of fused-ring (bicyclic) bond motifs is 1. The maximum atomic E-state index is 12.0. The Labute approximate surface area is 117 Å².